The predicted octanol–water partition coefficient (Wildman–Crippen LogP) is 5.11. The van der Waals surface area contributed by atoms with Crippen molar-refractivity contribution in [1.29, 1.82) is 5.26 Å². The van der Waals surface area contributed by atoms with E-state index in [0.717, 1.165) is 5.57 Å². The smallest absolute Gasteiger partial charge is 0.410 e. The first-order valence-electron chi connectivity index (χ1n) is 11.5. The van der Waals surface area contributed by atoms with E-state index in [1.807, 2.05) is 6.08 Å². The molecule has 0 saturated heterocycles. The van der Waals surface area contributed by atoms with Gasteiger partial charge in [0.25, 0.3) is 12.0 Å². The first kappa shape index (κ1) is 27.9. The van der Waals surface area contributed by atoms with Crippen molar-refractivity contribution in [2.75, 3.05) is 13.7 Å². The Hall–Kier alpha value is -3.35. The zero-order valence-electron chi connectivity index (χ0n) is 20.2. The summed E-state index contributed by atoms with van der Waals surface area (Å²) in [6.45, 7) is 3.97. The van der Waals surface area contributed by atoms with Crippen LogP contribution in [0.3, 0.4) is 0 Å². The Morgan fingerprint density at radius 3 is 2.71 bits per heavy atom. The van der Waals surface area contributed by atoms with Crippen LogP contribution in [0.15, 0.2) is 40.2 Å². The molecule has 2 aliphatic rings. The van der Waals surface area contributed by atoms with Gasteiger partial charge in [-0.05, 0) is 38.7 Å². The van der Waals surface area contributed by atoms with E-state index in [9.17, 15) is 22.8 Å². The second kappa shape index (κ2) is 13.5. The van der Waals surface area contributed by atoms with Gasteiger partial charge in [-0.3, -0.25) is 9.18 Å². The standard InChI is InChI=1S/C24H28F2N4O3.CH3F/c1-15(2)33-24(32)30-13-18(7-3-4-11-27)21-19(14-30)23(31)29-20(28-21)12-16-6-5-8-17(10-9-16)22(25)26;1-2/h6,8-10,15,18,22H,3-5,7,12-14H2,1-2H3,(H,28,29,31);1H3. The van der Waals surface area contributed by atoms with E-state index in [4.69, 9.17) is 15.0 Å². The van der Waals surface area contributed by atoms with Gasteiger partial charge in [0.1, 0.15) is 5.82 Å². The summed E-state index contributed by atoms with van der Waals surface area (Å²) in [5.74, 6) is 0.243. The summed E-state index contributed by atoms with van der Waals surface area (Å²) in [5.41, 5.74) is 1.47. The maximum Gasteiger partial charge on any atom is 0.410 e. The Kier molecular flexibility index (Phi) is 10.8. The number of hydrogen-bond donors (Lipinski definition) is 1. The first-order valence-corrected chi connectivity index (χ1v) is 11.5. The van der Waals surface area contributed by atoms with Crippen molar-refractivity contribution in [3.05, 3.63) is 62.9 Å². The van der Waals surface area contributed by atoms with E-state index in [1.54, 1.807) is 19.9 Å². The van der Waals surface area contributed by atoms with E-state index in [-0.39, 0.29) is 29.7 Å². The summed E-state index contributed by atoms with van der Waals surface area (Å²) >= 11 is 0. The highest BCUT2D eigenvalue weighted by Crippen LogP contribution is 2.30. The maximum atomic E-state index is 13.0. The molecule has 1 atom stereocenters. The lowest BCUT2D eigenvalue weighted by Gasteiger charge is -2.33. The molecule has 1 unspecified atom stereocenters. The number of allylic oxidation sites excluding steroid dienone is 6. The average Bonchev–Trinajstić information content (AvgIpc) is 3.06. The molecule has 0 radical (unpaired) electrons. The monoisotopic (exact) mass is 492 g/mol. The first-order chi connectivity index (χ1) is 16.8. The summed E-state index contributed by atoms with van der Waals surface area (Å²) in [6, 6.07) is 2.12. The van der Waals surface area contributed by atoms with Crippen LogP contribution in [0.2, 0.25) is 0 Å². The lowest BCUT2D eigenvalue weighted by molar-refractivity contribution is 0.0689. The van der Waals surface area contributed by atoms with Crippen LogP contribution < -0.4 is 5.56 Å². The topological polar surface area (TPSA) is 99.1 Å². The number of aromatic amines is 1. The normalized spacial score (nSPS) is 17.0. The van der Waals surface area contributed by atoms with E-state index in [1.165, 1.54) is 17.1 Å². The fourth-order valence-corrected chi connectivity index (χ4v) is 3.99. The van der Waals surface area contributed by atoms with Crippen molar-refractivity contribution < 1.29 is 22.7 Å². The maximum absolute atomic E-state index is 13.0. The number of fused-ring (bicyclic) bond motifs is 1. The van der Waals surface area contributed by atoms with Gasteiger partial charge in [0.2, 0.25) is 0 Å². The Bertz CT molecular complexity index is 1070. The molecule has 0 bridgehead atoms. The van der Waals surface area contributed by atoms with Gasteiger partial charge in [-0.15, -0.1) is 0 Å². The third-order valence-corrected chi connectivity index (χ3v) is 5.56. The predicted molar refractivity (Wildman–Crippen MR) is 126 cm³/mol. The third-order valence-electron chi connectivity index (χ3n) is 5.56. The molecule has 3 rings (SSSR count). The number of aromatic nitrogens is 2. The van der Waals surface area contributed by atoms with Gasteiger partial charge in [0.15, 0.2) is 0 Å². The lowest BCUT2D eigenvalue weighted by atomic mass is 9.91. The second-order valence-electron chi connectivity index (χ2n) is 8.47. The van der Waals surface area contributed by atoms with Crippen LogP contribution in [0.4, 0.5) is 18.0 Å². The minimum Gasteiger partial charge on any atom is -0.447 e. The molecule has 1 aliphatic heterocycles. The number of nitriles is 1. The molecule has 0 spiro atoms. The van der Waals surface area contributed by atoms with Crippen LogP contribution in [0.25, 0.3) is 0 Å². The van der Waals surface area contributed by atoms with Crippen LogP contribution >= 0.6 is 0 Å². The summed E-state index contributed by atoms with van der Waals surface area (Å²) in [5, 5.41) is 8.91. The summed E-state index contributed by atoms with van der Waals surface area (Å²) in [6.07, 6.45) is 5.30. The molecular formula is C25H31F3N4O3. The number of nitrogens with zero attached hydrogens (tertiary/aromatic N) is 3. The molecule has 1 aliphatic carbocycles. The number of carbonyl (C=O) groups excluding carboxylic acids is 1. The quantitative estimate of drug-likeness (QED) is 0.533. The largest absolute Gasteiger partial charge is 0.447 e. The van der Waals surface area contributed by atoms with Crippen LogP contribution in [0.1, 0.15) is 62.5 Å². The molecule has 1 aromatic rings. The Balaban J connectivity index is 0.00000210. The van der Waals surface area contributed by atoms with E-state index in [0.29, 0.717) is 62.9 Å². The summed E-state index contributed by atoms with van der Waals surface area (Å²) in [4.78, 5) is 34.4. The van der Waals surface area contributed by atoms with Crippen LogP contribution in [-0.2, 0) is 17.7 Å². The number of amides is 1. The fraction of sp³-hybridized carbons (Fsp3) is 0.520. The highest BCUT2D eigenvalue weighted by Gasteiger charge is 2.32. The Morgan fingerprint density at radius 2 is 2.06 bits per heavy atom. The number of ether oxygens (including phenoxy) is 1. The van der Waals surface area contributed by atoms with Crippen LogP contribution in [0.5, 0.6) is 0 Å². The molecule has 7 nitrogen and oxygen atoms in total. The number of nitrogens with one attached hydrogen (secondary N) is 1. The van der Waals surface area contributed by atoms with Gasteiger partial charge in [-0.1, -0.05) is 24.3 Å². The van der Waals surface area contributed by atoms with Gasteiger partial charge in [0.05, 0.1) is 37.2 Å². The van der Waals surface area contributed by atoms with Crippen molar-refractivity contribution in [3.8, 4) is 6.07 Å². The minimum absolute atomic E-state index is 0.0286. The molecule has 1 N–H and O–H groups in total. The van der Waals surface area contributed by atoms with Gasteiger partial charge < -0.3 is 14.6 Å². The van der Waals surface area contributed by atoms with Gasteiger partial charge in [-0.25, -0.2) is 18.6 Å². The zero-order valence-corrected chi connectivity index (χ0v) is 20.2. The van der Waals surface area contributed by atoms with Crippen molar-refractivity contribution in [2.45, 2.75) is 70.9 Å². The van der Waals surface area contributed by atoms with Gasteiger partial charge >= 0.3 is 6.09 Å². The molecule has 35 heavy (non-hydrogen) atoms. The van der Waals surface area contributed by atoms with E-state index < -0.39 is 12.5 Å². The van der Waals surface area contributed by atoms with Crippen LogP contribution in [0, 0.1) is 11.3 Å². The van der Waals surface area contributed by atoms with Crippen LogP contribution in [-0.4, -0.2) is 47.2 Å². The molecule has 2 heterocycles. The number of hydrogen-bond acceptors (Lipinski definition) is 5. The number of alkyl halides is 3. The molecule has 0 fully saturated rings. The molecule has 1 amide bonds. The van der Waals surface area contributed by atoms with Gasteiger partial charge in [0, 0.05) is 30.9 Å². The number of unbranched alkanes of at least 4 members (excludes halogenated alkanes) is 1. The Morgan fingerprint density at radius 1 is 1.31 bits per heavy atom. The molecule has 0 aromatic carbocycles. The number of H-pyrrole nitrogens is 1. The SMILES string of the molecule is CC(C)OC(=O)N1Cc2c(nc(CC3=CCC=C(C(F)F)C=C3)[nH]c2=O)C(CCCC#N)C1.CF. The third kappa shape index (κ3) is 7.84. The lowest BCUT2D eigenvalue weighted by Crippen LogP contribution is -2.42. The van der Waals surface area contributed by atoms with Gasteiger partial charge in [-0.2, -0.15) is 5.26 Å². The van der Waals surface area contributed by atoms with Crippen molar-refractivity contribution in [1.82, 2.24) is 14.9 Å². The minimum atomic E-state index is -2.53. The van der Waals surface area contributed by atoms with Crippen molar-refractivity contribution in [3.63, 3.8) is 0 Å². The molecular weight excluding hydrogens is 461 g/mol. The highest BCUT2D eigenvalue weighted by molar-refractivity contribution is 5.68. The number of rotatable bonds is 7. The number of carbonyl (C=O) groups is 1. The van der Waals surface area contributed by atoms with Crippen molar-refractivity contribution in [2.24, 2.45) is 0 Å². The Labute approximate surface area is 203 Å². The number of halogens is 3. The highest BCUT2D eigenvalue weighted by atomic mass is 19.3. The summed E-state index contributed by atoms with van der Waals surface area (Å²) < 4.78 is 40.7. The summed E-state index contributed by atoms with van der Waals surface area (Å²) in [7, 11) is 0.500. The van der Waals surface area contributed by atoms with E-state index in [2.05, 4.69) is 11.1 Å². The zero-order chi connectivity index (χ0) is 26.0. The molecule has 10 heteroatoms. The second-order valence-corrected chi connectivity index (χ2v) is 8.47. The fourth-order valence-electron chi connectivity index (χ4n) is 3.99. The van der Waals surface area contributed by atoms with Crippen molar-refractivity contribution >= 4 is 6.09 Å². The molecule has 1 aromatic heterocycles. The molecule has 190 valence electrons. The van der Waals surface area contributed by atoms with E-state index >= 15 is 0 Å². The average molecular weight is 493 g/mol. The molecule has 0 saturated carbocycles.